The number of rotatable bonds is 5. The number of amides is 2. The van der Waals surface area contributed by atoms with Crippen LogP contribution in [0.2, 0.25) is 0 Å². The van der Waals surface area contributed by atoms with E-state index in [9.17, 15) is 19.5 Å². The molecule has 1 saturated carbocycles. The lowest BCUT2D eigenvalue weighted by Crippen LogP contribution is -2.48. The summed E-state index contributed by atoms with van der Waals surface area (Å²) in [5.41, 5.74) is -2.00. The maximum atomic E-state index is 12.2. The molecule has 0 radical (unpaired) electrons. The van der Waals surface area contributed by atoms with E-state index in [2.05, 4.69) is 12.2 Å². The molecule has 2 amide bonds. The molecule has 3 N–H and O–H groups in total. The van der Waals surface area contributed by atoms with Crippen molar-refractivity contribution in [2.75, 3.05) is 13.1 Å². The van der Waals surface area contributed by atoms with Gasteiger partial charge in [-0.25, -0.2) is 4.79 Å². The molecule has 1 aliphatic carbocycles. The number of nitrogens with one attached hydrogen (secondary N) is 1. The van der Waals surface area contributed by atoms with Crippen LogP contribution in [0.25, 0.3) is 0 Å². The van der Waals surface area contributed by atoms with E-state index < -0.39 is 17.5 Å². The first-order chi connectivity index (χ1) is 10.7. The Morgan fingerprint density at radius 3 is 2.48 bits per heavy atom. The summed E-state index contributed by atoms with van der Waals surface area (Å²) in [6, 6.07) is 0.221. The van der Waals surface area contributed by atoms with Crippen molar-refractivity contribution in [3.05, 3.63) is 0 Å². The van der Waals surface area contributed by atoms with Gasteiger partial charge in [0.05, 0.1) is 12.5 Å². The fraction of sp³-hybridized carbons (Fsp3) is 0.812. The standard InChI is InChI=1S/C16H26N2O5/c1-10-3-5-12(6-4-10)18-8-11(7-13(18)19)14(20)17-9-16(2,23)15(21)22/h10-12,23H,3-9H2,1-2H3,(H,17,20)(H,21,22). The minimum atomic E-state index is -2.00. The fourth-order valence-electron chi connectivity index (χ4n) is 3.29. The second kappa shape index (κ2) is 6.86. The molecule has 7 nitrogen and oxygen atoms in total. The number of carbonyl (C=O) groups is 3. The summed E-state index contributed by atoms with van der Waals surface area (Å²) in [7, 11) is 0. The normalized spacial score (nSPS) is 30.8. The Morgan fingerprint density at radius 2 is 1.91 bits per heavy atom. The van der Waals surface area contributed by atoms with E-state index in [-0.39, 0.29) is 30.8 Å². The number of carboxylic acids is 1. The molecule has 2 unspecified atom stereocenters. The first-order valence-corrected chi connectivity index (χ1v) is 8.23. The van der Waals surface area contributed by atoms with Gasteiger partial charge in [0.2, 0.25) is 11.8 Å². The van der Waals surface area contributed by atoms with Crippen LogP contribution in [0.15, 0.2) is 0 Å². The zero-order chi connectivity index (χ0) is 17.2. The number of likely N-dealkylation sites (tertiary alicyclic amines) is 1. The van der Waals surface area contributed by atoms with Crippen molar-refractivity contribution < 1.29 is 24.6 Å². The van der Waals surface area contributed by atoms with Gasteiger partial charge >= 0.3 is 5.97 Å². The van der Waals surface area contributed by atoms with Crippen molar-refractivity contribution in [2.45, 2.75) is 57.6 Å². The third-order valence-corrected chi connectivity index (χ3v) is 5.02. The second-order valence-corrected chi connectivity index (χ2v) is 7.16. The van der Waals surface area contributed by atoms with Gasteiger partial charge in [-0.2, -0.15) is 0 Å². The van der Waals surface area contributed by atoms with Crippen LogP contribution in [0.4, 0.5) is 0 Å². The number of carboxylic acid groups (broad SMARTS) is 1. The number of carbonyl (C=O) groups excluding carboxylic acids is 2. The molecular weight excluding hydrogens is 300 g/mol. The second-order valence-electron chi connectivity index (χ2n) is 7.16. The summed E-state index contributed by atoms with van der Waals surface area (Å²) in [6.07, 6.45) is 4.33. The van der Waals surface area contributed by atoms with E-state index in [1.807, 2.05) is 4.90 Å². The van der Waals surface area contributed by atoms with Gasteiger partial charge in [-0.15, -0.1) is 0 Å². The van der Waals surface area contributed by atoms with Crippen molar-refractivity contribution in [2.24, 2.45) is 11.8 Å². The average Bonchev–Trinajstić information content (AvgIpc) is 2.87. The lowest BCUT2D eigenvalue weighted by atomic mass is 9.87. The van der Waals surface area contributed by atoms with Crippen LogP contribution in [-0.2, 0) is 14.4 Å². The van der Waals surface area contributed by atoms with Gasteiger partial charge in [0.1, 0.15) is 0 Å². The predicted octanol–water partition coefficient (Wildman–Crippen LogP) is 0.365. The smallest absolute Gasteiger partial charge is 0.337 e. The van der Waals surface area contributed by atoms with Gasteiger partial charge in [0.15, 0.2) is 5.60 Å². The third-order valence-electron chi connectivity index (χ3n) is 5.02. The van der Waals surface area contributed by atoms with Crippen molar-refractivity contribution >= 4 is 17.8 Å². The Labute approximate surface area is 136 Å². The molecule has 2 fully saturated rings. The maximum Gasteiger partial charge on any atom is 0.337 e. The van der Waals surface area contributed by atoms with E-state index >= 15 is 0 Å². The van der Waals surface area contributed by atoms with Gasteiger partial charge in [-0.1, -0.05) is 6.92 Å². The maximum absolute atomic E-state index is 12.2. The van der Waals surface area contributed by atoms with Crippen LogP contribution in [-0.4, -0.2) is 57.6 Å². The molecule has 2 rings (SSSR count). The molecule has 7 heteroatoms. The van der Waals surface area contributed by atoms with Crippen molar-refractivity contribution in [3.8, 4) is 0 Å². The molecular formula is C16H26N2O5. The molecule has 1 aliphatic heterocycles. The van der Waals surface area contributed by atoms with Crippen LogP contribution in [0.3, 0.4) is 0 Å². The average molecular weight is 326 g/mol. The molecule has 130 valence electrons. The van der Waals surface area contributed by atoms with E-state index in [1.165, 1.54) is 0 Å². The lowest BCUT2D eigenvalue weighted by molar-refractivity contribution is -0.156. The Morgan fingerprint density at radius 1 is 1.30 bits per heavy atom. The van der Waals surface area contributed by atoms with Crippen LogP contribution in [0.1, 0.15) is 46.0 Å². The highest BCUT2D eigenvalue weighted by atomic mass is 16.4. The first kappa shape index (κ1) is 17.7. The van der Waals surface area contributed by atoms with Gasteiger partial charge in [0, 0.05) is 19.0 Å². The van der Waals surface area contributed by atoms with Crippen molar-refractivity contribution in [1.82, 2.24) is 10.2 Å². The molecule has 0 aromatic heterocycles. The molecule has 2 atom stereocenters. The number of hydrogen-bond donors (Lipinski definition) is 3. The van der Waals surface area contributed by atoms with Gasteiger partial charge in [0.25, 0.3) is 0 Å². The quantitative estimate of drug-likeness (QED) is 0.676. The van der Waals surface area contributed by atoms with Gasteiger partial charge < -0.3 is 20.4 Å². The summed E-state index contributed by atoms with van der Waals surface area (Å²) in [4.78, 5) is 37.0. The minimum Gasteiger partial charge on any atom is -0.479 e. The Balaban J connectivity index is 1.87. The van der Waals surface area contributed by atoms with E-state index in [0.29, 0.717) is 12.5 Å². The topological polar surface area (TPSA) is 107 Å². The largest absolute Gasteiger partial charge is 0.479 e. The van der Waals surface area contributed by atoms with Crippen molar-refractivity contribution in [1.29, 1.82) is 0 Å². The number of nitrogens with zero attached hydrogens (tertiary/aromatic N) is 1. The van der Waals surface area contributed by atoms with Crippen LogP contribution < -0.4 is 5.32 Å². The van der Waals surface area contributed by atoms with Crippen LogP contribution >= 0.6 is 0 Å². The number of hydrogen-bond acceptors (Lipinski definition) is 4. The molecule has 0 aromatic rings. The molecule has 0 aromatic carbocycles. The monoisotopic (exact) mass is 326 g/mol. The highest BCUT2D eigenvalue weighted by Crippen LogP contribution is 2.31. The highest BCUT2D eigenvalue weighted by Gasteiger charge is 2.39. The third kappa shape index (κ3) is 4.22. The number of aliphatic carboxylic acids is 1. The zero-order valence-corrected chi connectivity index (χ0v) is 13.7. The first-order valence-electron chi connectivity index (χ1n) is 8.23. The van der Waals surface area contributed by atoms with Crippen LogP contribution in [0.5, 0.6) is 0 Å². The molecule has 0 spiro atoms. The van der Waals surface area contributed by atoms with Crippen molar-refractivity contribution in [3.63, 3.8) is 0 Å². The molecule has 2 aliphatic rings. The fourth-order valence-corrected chi connectivity index (χ4v) is 3.29. The summed E-state index contributed by atoms with van der Waals surface area (Å²) < 4.78 is 0. The molecule has 0 bridgehead atoms. The van der Waals surface area contributed by atoms with E-state index in [4.69, 9.17) is 5.11 Å². The van der Waals surface area contributed by atoms with E-state index in [0.717, 1.165) is 32.6 Å². The Hall–Kier alpha value is -1.63. The molecule has 1 saturated heterocycles. The van der Waals surface area contributed by atoms with Crippen LogP contribution in [0, 0.1) is 11.8 Å². The zero-order valence-electron chi connectivity index (χ0n) is 13.7. The van der Waals surface area contributed by atoms with Gasteiger partial charge in [-0.05, 0) is 38.5 Å². The Bertz CT molecular complexity index is 483. The minimum absolute atomic E-state index is 0.00491. The number of aliphatic hydroxyl groups is 1. The lowest BCUT2D eigenvalue weighted by Gasteiger charge is -2.33. The summed E-state index contributed by atoms with van der Waals surface area (Å²) in [6.45, 7) is 3.36. The Kier molecular flexibility index (Phi) is 5.29. The summed E-state index contributed by atoms with van der Waals surface area (Å²) in [5.74, 6) is -1.53. The van der Waals surface area contributed by atoms with E-state index in [1.54, 1.807) is 0 Å². The molecule has 23 heavy (non-hydrogen) atoms. The SMILES string of the molecule is CC1CCC(N2CC(C(=O)NCC(C)(O)C(=O)O)CC2=O)CC1. The summed E-state index contributed by atoms with van der Waals surface area (Å²) in [5, 5.41) is 20.9. The predicted molar refractivity (Wildman–Crippen MR) is 82.5 cm³/mol. The summed E-state index contributed by atoms with van der Waals surface area (Å²) >= 11 is 0. The highest BCUT2D eigenvalue weighted by molar-refractivity contribution is 5.89. The molecule has 1 heterocycles. The van der Waals surface area contributed by atoms with Gasteiger partial charge in [-0.3, -0.25) is 9.59 Å².